The van der Waals surface area contributed by atoms with Crippen molar-refractivity contribution in [3.8, 4) is 0 Å². The fraction of sp³-hybridized carbons (Fsp3) is 0.417. The quantitative estimate of drug-likeness (QED) is 0.706. The highest BCUT2D eigenvalue weighted by molar-refractivity contribution is 5.93. The van der Waals surface area contributed by atoms with Gasteiger partial charge in [0.15, 0.2) is 0 Å². The molecule has 1 aromatic carbocycles. The van der Waals surface area contributed by atoms with Gasteiger partial charge in [-0.15, -0.1) is 0 Å². The van der Waals surface area contributed by atoms with Gasteiger partial charge in [0, 0.05) is 23.8 Å². The van der Waals surface area contributed by atoms with E-state index in [1.807, 2.05) is 12.1 Å². The molecule has 1 heterocycles. The van der Waals surface area contributed by atoms with Crippen molar-refractivity contribution in [2.45, 2.75) is 18.9 Å². The molecular weight excluding hydrogens is 202 g/mol. The third kappa shape index (κ3) is 2.73. The topological polar surface area (TPSA) is 67.2 Å². The van der Waals surface area contributed by atoms with Crippen molar-refractivity contribution >= 4 is 11.6 Å². The van der Waals surface area contributed by atoms with E-state index in [0.717, 1.165) is 18.8 Å². The number of amides is 1. The van der Waals surface area contributed by atoms with E-state index < -0.39 is 0 Å². The first-order valence-corrected chi connectivity index (χ1v) is 5.63. The molecule has 1 unspecified atom stereocenters. The first kappa shape index (κ1) is 11.0. The Hall–Kier alpha value is -1.55. The SMILES string of the molecule is NC(=O)c1ccc(NCC2CCCN2)cc1. The highest BCUT2D eigenvalue weighted by atomic mass is 16.1. The molecule has 0 radical (unpaired) electrons. The van der Waals surface area contributed by atoms with Gasteiger partial charge in [-0.05, 0) is 43.7 Å². The molecule has 1 atom stereocenters. The van der Waals surface area contributed by atoms with Crippen LogP contribution in [0.3, 0.4) is 0 Å². The van der Waals surface area contributed by atoms with E-state index in [4.69, 9.17) is 5.73 Å². The predicted molar refractivity (Wildman–Crippen MR) is 64.5 cm³/mol. The van der Waals surface area contributed by atoms with E-state index in [2.05, 4.69) is 10.6 Å². The Labute approximate surface area is 95.2 Å². The lowest BCUT2D eigenvalue weighted by atomic mass is 10.2. The second-order valence-corrected chi connectivity index (χ2v) is 4.12. The van der Waals surface area contributed by atoms with Gasteiger partial charge in [0.05, 0.1) is 0 Å². The summed E-state index contributed by atoms with van der Waals surface area (Å²) in [5, 5.41) is 6.76. The van der Waals surface area contributed by atoms with Crippen molar-refractivity contribution in [2.24, 2.45) is 5.73 Å². The summed E-state index contributed by atoms with van der Waals surface area (Å²) in [7, 11) is 0. The minimum absolute atomic E-state index is 0.385. The summed E-state index contributed by atoms with van der Waals surface area (Å²) >= 11 is 0. The summed E-state index contributed by atoms with van der Waals surface area (Å²) in [6, 6.07) is 7.82. The van der Waals surface area contributed by atoms with Crippen LogP contribution >= 0.6 is 0 Å². The van der Waals surface area contributed by atoms with Crippen LogP contribution in [-0.4, -0.2) is 25.0 Å². The molecule has 2 rings (SSSR count). The first-order valence-electron chi connectivity index (χ1n) is 5.63. The molecular formula is C12H17N3O. The van der Waals surface area contributed by atoms with Crippen LogP contribution in [0.25, 0.3) is 0 Å². The number of rotatable bonds is 4. The first-order chi connectivity index (χ1) is 7.75. The van der Waals surface area contributed by atoms with Crippen LogP contribution in [0, 0.1) is 0 Å². The van der Waals surface area contributed by atoms with E-state index in [-0.39, 0.29) is 5.91 Å². The highest BCUT2D eigenvalue weighted by Gasteiger charge is 2.12. The Morgan fingerprint density at radius 3 is 2.75 bits per heavy atom. The van der Waals surface area contributed by atoms with Crippen molar-refractivity contribution in [1.29, 1.82) is 0 Å². The number of benzene rings is 1. The molecule has 4 nitrogen and oxygen atoms in total. The summed E-state index contributed by atoms with van der Waals surface area (Å²) in [6.45, 7) is 2.04. The lowest BCUT2D eigenvalue weighted by molar-refractivity contribution is 0.100. The zero-order valence-electron chi connectivity index (χ0n) is 9.20. The smallest absolute Gasteiger partial charge is 0.248 e. The number of primary amides is 1. The molecule has 0 aliphatic carbocycles. The van der Waals surface area contributed by atoms with E-state index in [1.54, 1.807) is 12.1 Å². The fourth-order valence-corrected chi connectivity index (χ4v) is 1.92. The molecule has 1 aliphatic rings. The normalized spacial score (nSPS) is 19.6. The largest absolute Gasteiger partial charge is 0.383 e. The lowest BCUT2D eigenvalue weighted by Gasteiger charge is -2.12. The number of nitrogens with one attached hydrogen (secondary N) is 2. The molecule has 0 aromatic heterocycles. The number of anilines is 1. The van der Waals surface area contributed by atoms with Crippen molar-refractivity contribution in [3.63, 3.8) is 0 Å². The molecule has 16 heavy (non-hydrogen) atoms. The second-order valence-electron chi connectivity index (χ2n) is 4.12. The lowest BCUT2D eigenvalue weighted by Crippen LogP contribution is -2.29. The Kier molecular flexibility index (Phi) is 3.41. The van der Waals surface area contributed by atoms with E-state index in [0.29, 0.717) is 11.6 Å². The molecule has 4 heteroatoms. The molecule has 1 fully saturated rings. The molecule has 1 aliphatic heterocycles. The zero-order chi connectivity index (χ0) is 11.4. The number of carbonyl (C=O) groups excluding carboxylic acids is 1. The molecule has 1 amide bonds. The van der Waals surface area contributed by atoms with Gasteiger partial charge in [0.2, 0.25) is 5.91 Å². The molecule has 1 saturated heterocycles. The Morgan fingerprint density at radius 1 is 1.44 bits per heavy atom. The third-order valence-corrected chi connectivity index (χ3v) is 2.88. The Bertz CT molecular complexity index is 355. The average molecular weight is 219 g/mol. The molecule has 4 N–H and O–H groups in total. The van der Waals surface area contributed by atoms with Crippen LogP contribution in [0.15, 0.2) is 24.3 Å². The summed E-state index contributed by atoms with van der Waals surface area (Å²) < 4.78 is 0. The van der Waals surface area contributed by atoms with E-state index in [9.17, 15) is 4.79 Å². The van der Waals surface area contributed by atoms with E-state index >= 15 is 0 Å². The van der Waals surface area contributed by atoms with Crippen LogP contribution in [0.5, 0.6) is 0 Å². The molecule has 0 saturated carbocycles. The maximum atomic E-state index is 10.9. The maximum Gasteiger partial charge on any atom is 0.248 e. The summed E-state index contributed by atoms with van der Waals surface area (Å²) in [6.07, 6.45) is 2.49. The van der Waals surface area contributed by atoms with Crippen molar-refractivity contribution in [2.75, 3.05) is 18.4 Å². The van der Waals surface area contributed by atoms with Crippen LogP contribution in [0.2, 0.25) is 0 Å². The van der Waals surface area contributed by atoms with Crippen LogP contribution in [0.4, 0.5) is 5.69 Å². The zero-order valence-corrected chi connectivity index (χ0v) is 9.20. The van der Waals surface area contributed by atoms with Crippen molar-refractivity contribution in [3.05, 3.63) is 29.8 Å². The minimum atomic E-state index is -0.385. The van der Waals surface area contributed by atoms with E-state index in [1.165, 1.54) is 12.8 Å². The number of hydrogen-bond acceptors (Lipinski definition) is 3. The number of nitrogens with two attached hydrogens (primary N) is 1. The monoisotopic (exact) mass is 219 g/mol. The highest BCUT2D eigenvalue weighted by Crippen LogP contribution is 2.11. The predicted octanol–water partition coefficient (Wildman–Crippen LogP) is 0.949. The number of carbonyl (C=O) groups is 1. The van der Waals surface area contributed by atoms with Gasteiger partial charge in [-0.1, -0.05) is 0 Å². The molecule has 0 spiro atoms. The van der Waals surface area contributed by atoms with Gasteiger partial charge in [0.1, 0.15) is 0 Å². The van der Waals surface area contributed by atoms with Gasteiger partial charge < -0.3 is 16.4 Å². The maximum absolute atomic E-state index is 10.9. The van der Waals surface area contributed by atoms with Crippen LogP contribution in [-0.2, 0) is 0 Å². The van der Waals surface area contributed by atoms with Crippen molar-refractivity contribution < 1.29 is 4.79 Å². The number of hydrogen-bond donors (Lipinski definition) is 3. The van der Waals surface area contributed by atoms with Crippen LogP contribution in [0.1, 0.15) is 23.2 Å². The Morgan fingerprint density at radius 2 is 2.19 bits per heavy atom. The third-order valence-electron chi connectivity index (χ3n) is 2.88. The fourth-order valence-electron chi connectivity index (χ4n) is 1.92. The Balaban J connectivity index is 1.87. The van der Waals surface area contributed by atoms with Gasteiger partial charge in [-0.25, -0.2) is 0 Å². The van der Waals surface area contributed by atoms with Gasteiger partial charge in [-0.3, -0.25) is 4.79 Å². The summed E-state index contributed by atoms with van der Waals surface area (Å²) in [4.78, 5) is 10.9. The van der Waals surface area contributed by atoms with Gasteiger partial charge >= 0.3 is 0 Å². The summed E-state index contributed by atoms with van der Waals surface area (Å²) in [5.41, 5.74) is 6.74. The average Bonchev–Trinajstić information content (AvgIpc) is 2.80. The van der Waals surface area contributed by atoms with Gasteiger partial charge in [0.25, 0.3) is 0 Å². The molecule has 1 aromatic rings. The van der Waals surface area contributed by atoms with Gasteiger partial charge in [-0.2, -0.15) is 0 Å². The van der Waals surface area contributed by atoms with Crippen molar-refractivity contribution in [1.82, 2.24) is 5.32 Å². The molecule has 0 bridgehead atoms. The standard InChI is InChI=1S/C12H17N3O/c13-12(16)9-3-5-10(6-4-9)15-8-11-2-1-7-14-11/h3-6,11,14-15H,1-2,7-8H2,(H2,13,16). The molecule has 86 valence electrons. The minimum Gasteiger partial charge on any atom is -0.383 e. The second kappa shape index (κ2) is 4.99. The van der Waals surface area contributed by atoms with Crippen LogP contribution < -0.4 is 16.4 Å². The summed E-state index contributed by atoms with van der Waals surface area (Å²) in [5.74, 6) is -0.385.